The minimum Gasteiger partial charge on any atom is -0.462 e. The third kappa shape index (κ3) is 30.8. The molecule has 9 nitrogen and oxygen atoms in total. The average molecular weight is 601 g/mol. The second-order valence-corrected chi connectivity index (χ2v) is 11.2. The van der Waals surface area contributed by atoms with Crippen molar-refractivity contribution in [1.82, 2.24) is 0 Å². The Morgan fingerprint density at radius 2 is 1.27 bits per heavy atom. The fraction of sp³-hybridized carbons (Fsp3) is 0.677. The van der Waals surface area contributed by atoms with Crippen molar-refractivity contribution in [2.24, 2.45) is 0 Å². The number of aliphatic hydroxyl groups excluding tert-OH is 1. The van der Waals surface area contributed by atoms with Gasteiger partial charge in [0.05, 0.1) is 12.7 Å². The van der Waals surface area contributed by atoms with Gasteiger partial charge in [-0.25, -0.2) is 4.57 Å². The van der Waals surface area contributed by atoms with E-state index in [0.717, 1.165) is 64.2 Å². The molecule has 0 heterocycles. The number of carbonyl (C=O) groups is 2. The molecular weight excluding hydrogens is 547 g/mol. The van der Waals surface area contributed by atoms with E-state index in [1.165, 1.54) is 0 Å². The van der Waals surface area contributed by atoms with Crippen molar-refractivity contribution in [3.63, 3.8) is 0 Å². The van der Waals surface area contributed by atoms with Crippen LogP contribution in [0.25, 0.3) is 0 Å². The van der Waals surface area contributed by atoms with Crippen LogP contribution in [0.1, 0.15) is 110 Å². The molecule has 2 atom stereocenters. The number of hydrogen-bond donors (Lipinski definition) is 3. The van der Waals surface area contributed by atoms with Crippen LogP contribution in [0.5, 0.6) is 0 Å². The zero-order valence-corrected chi connectivity index (χ0v) is 25.9. The van der Waals surface area contributed by atoms with E-state index >= 15 is 0 Å². The normalized spacial score (nSPS) is 14.0. The fourth-order valence-electron chi connectivity index (χ4n) is 3.62. The third-order valence-electron chi connectivity index (χ3n) is 5.87. The fourth-order valence-corrected chi connectivity index (χ4v) is 3.98. The Bertz CT molecular complexity index is 827. The Kier molecular flexibility index (Phi) is 25.5. The minimum atomic E-state index is -4.75. The number of unbranched alkanes of at least 4 members (excludes halogenated alkanes) is 6. The maximum Gasteiger partial charge on any atom is 0.469 e. The van der Waals surface area contributed by atoms with Crippen molar-refractivity contribution in [3.05, 3.63) is 48.6 Å². The summed E-state index contributed by atoms with van der Waals surface area (Å²) in [6.45, 7) is 3.03. The van der Waals surface area contributed by atoms with E-state index in [1.54, 1.807) is 0 Å². The Hall–Kier alpha value is -2.03. The van der Waals surface area contributed by atoms with Gasteiger partial charge in [0.2, 0.25) is 0 Å². The molecule has 0 amide bonds. The Balaban J connectivity index is 4.08. The van der Waals surface area contributed by atoms with Crippen LogP contribution in [0.4, 0.5) is 0 Å². The molecule has 0 rings (SSSR count). The van der Waals surface area contributed by atoms with Gasteiger partial charge in [0.25, 0.3) is 0 Å². The molecule has 0 aliphatic carbocycles. The van der Waals surface area contributed by atoms with Crippen LogP contribution in [0, 0.1) is 0 Å². The molecule has 0 fully saturated rings. The Morgan fingerprint density at radius 3 is 1.83 bits per heavy atom. The maximum atomic E-state index is 12.1. The number of phosphoric ester groups is 1. The predicted molar refractivity (Wildman–Crippen MR) is 162 cm³/mol. The zero-order valence-electron chi connectivity index (χ0n) is 25.0. The lowest BCUT2D eigenvalue weighted by molar-refractivity contribution is -0.161. The quantitative estimate of drug-likeness (QED) is 0.0413. The van der Waals surface area contributed by atoms with E-state index in [1.807, 2.05) is 19.1 Å². The molecule has 10 heteroatoms. The monoisotopic (exact) mass is 600 g/mol. The second kappa shape index (κ2) is 26.8. The van der Waals surface area contributed by atoms with E-state index in [2.05, 4.69) is 47.9 Å². The third-order valence-corrected chi connectivity index (χ3v) is 6.35. The highest BCUT2D eigenvalue weighted by molar-refractivity contribution is 7.46. The van der Waals surface area contributed by atoms with Crippen LogP contribution in [0.2, 0.25) is 0 Å². The molecule has 0 aromatic rings. The molecule has 0 saturated heterocycles. The van der Waals surface area contributed by atoms with Crippen molar-refractivity contribution in [2.45, 2.75) is 122 Å². The number of aliphatic hydroxyl groups is 1. The van der Waals surface area contributed by atoms with Crippen molar-refractivity contribution in [1.29, 1.82) is 0 Å². The smallest absolute Gasteiger partial charge is 0.462 e. The molecule has 0 radical (unpaired) electrons. The van der Waals surface area contributed by atoms with Gasteiger partial charge in [-0.15, -0.1) is 0 Å². The lowest BCUT2D eigenvalue weighted by atomic mass is 10.1. The molecule has 0 aromatic heterocycles. The largest absolute Gasteiger partial charge is 0.469 e. The highest BCUT2D eigenvalue weighted by atomic mass is 31.2. The molecule has 0 aliphatic rings. The van der Waals surface area contributed by atoms with E-state index in [0.29, 0.717) is 19.3 Å². The lowest BCUT2D eigenvalue weighted by Gasteiger charge is -2.18. The summed E-state index contributed by atoms with van der Waals surface area (Å²) < 4.78 is 25.9. The van der Waals surface area contributed by atoms with Crippen LogP contribution in [0.15, 0.2) is 48.6 Å². The Morgan fingerprint density at radius 1 is 0.732 bits per heavy atom. The number of rotatable bonds is 26. The molecule has 0 bridgehead atoms. The van der Waals surface area contributed by atoms with Crippen LogP contribution in [-0.4, -0.2) is 52.3 Å². The summed E-state index contributed by atoms with van der Waals surface area (Å²) in [5, 5.41) is 9.21. The van der Waals surface area contributed by atoms with Crippen LogP contribution in [0.3, 0.4) is 0 Å². The van der Waals surface area contributed by atoms with Gasteiger partial charge in [0.15, 0.2) is 6.10 Å². The van der Waals surface area contributed by atoms with Gasteiger partial charge in [0.1, 0.15) is 6.61 Å². The summed E-state index contributed by atoms with van der Waals surface area (Å²) in [7, 11) is -4.75. The van der Waals surface area contributed by atoms with Crippen molar-refractivity contribution >= 4 is 19.8 Å². The number of ether oxygens (including phenoxy) is 2. The van der Waals surface area contributed by atoms with Gasteiger partial charge < -0.3 is 24.4 Å². The molecule has 0 aliphatic heterocycles. The van der Waals surface area contributed by atoms with Gasteiger partial charge in [-0.3, -0.25) is 14.1 Å². The number of allylic oxidation sites excluding steroid dienone is 8. The summed E-state index contributed by atoms with van der Waals surface area (Å²) in [6.07, 6.45) is 27.4. The number of phosphoric acid groups is 1. The SMILES string of the molecule is CCCCCCCC(=O)O[C@H](COC(=O)CCC/C=C\C/C=C\C/C=C\C/C=C\CCC[C@@H](C)O)COP(=O)(O)O. The van der Waals surface area contributed by atoms with Gasteiger partial charge >= 0.3 is 19.8 Å². The highest BCUT2D eigenvalue weighted by Gasteiger charge is 2.22. The topological polar surface area (TPSA) is 140 Å². The van der Waals surface area contributed by atoms with E-state index in [-0.39, 0.29) is 25.6 Å². The van der Waals surface area contributed by atoms with E-state index in [4.69, 9.17) is 19.3 Å². The zero-order chi connectivity index (χ0) is 30.6. The Labute approximate surface area is 247 Å². The van der Waals surface area contributed by atoms with Crippen LogP contribution >= 0.6 is 7.82 Å². The molecule has 0 aromatic carbocycles. The molecule has 41 heavy (non-hydrogen) atoms. The highest BCUT2D eigenvalue weighted by Crippen LogP contribution is 2.35. The summed E-state index contributed by atoms with van der Waals surface area (Å²) in [4.78, 5) is 42.0. The van der Waals surface area contributed by atoms with Crippen LogP contribution in [-0.2, 0) is 28.2 Å². The summed E-state index contributed by atoms with van der Waals surface area (Å²) >= 11 is 0. The molecule has 0 spiro atoms. The van der Waals surface area contributed by atoms with Crippen molar-refractivity contribution in [3.8, 4) is 0 Å². The first-order valence-corrected chi connectivity index (χ1v) is 16.5. The van der Waals surface area contributed by atoms with Gasteiger partial charge in [-0.2, -0.15) is 0 Å². The average Bonchev–Trinajstić information content (AvgIpc) is 2.91. The minimum absolute atomic E-state index is 0.178. The summed E-state index contributed by atoms with van der Waals surface area (Å²) in [6, 6.07) is 0. The lowest BCUT2D eigenvalue weighted by Crippen LogP contribution is -2.29. The standard InChI is InChI=1S/C31H53O9P/c1-3-4-5-17-22-25-31(34)40-29(27-39-41(35,36)37)26-38-30(33)24-21-19-16-14-12-10-8-6-7-9-11-13-15-18-20-23-28(2)32/h7-10,13-16,28-29,32H,3-6,11-12,17-27H2,1-2H3,(H2,35,36,37)/b9-7-,10-8-,15-13-,16-14-/t28-,29-/m1/s1. The van der Waals surface area contributed by atoms with E-state index < -0.39 is 32.5 Å². The molecule has 3 N–H and O–H groups in total. The molecular formula is C31H53O9P. The number of hydrogen-bond acceptors (Lipinski definition) is 7. The summed E-state index contributed by atoms with van der Waals surface area (Å²) in [5.74, 6) is -0.989. The van der Waals surface area contributed by atoms with Gasteiger partial charge in [-0.1, -0.05) is 81.2 Å². The number of esters is 2. The first-order chi connectivity index (χ1) is 19.6. The maximum absolute atomic E-state index is 12.1. The van der Waals surface area contributed by atoms with Crippen molar-refractivity contribution < 1.29 is 43.0 Å². The molecule has 236 valence electrons. The number of carbonyl (C=O) groups excluding carboxylic acids is 2. The predicted octanol–water partition coefficient (Wildman–Crippen LogP) is 7.03. The molecule has 0 unspecified atom stereocenters. The van der Waals surface area contributed by atoms with Gasteiger partial charge in [0, 0.05) is 12.8 Å². The van der Waals surface area contributed by atoms with Crippen molar-refractivity contribution in [2.75, 3.05) is 13.2 Å². The second-order valence-electron chi connectivity index (χ2n) is 10.0. The first kappa shape index (κ1) is 39.0. The molecule has 0 saturated carbocycles. The first-order valence-electron chi connectivity index (χ1n) is 15.0. The summed E-state index contributed by atoms with van der Waals surface area (Å²) in [5.41, 5.74) is 0. The van der Waals surface area contributed by atoms with Crippen LogP contribution < -0.4 is 0 Å². The van der Waals surface area contributed by atoms with Gasteiger partial charge in [-0.05, 0) is 64.7 Å². The van der Waals surface area contributed by atoms with E-state index in [9.17, 15) is 19.3 Å².